The maximum absolute atomic E-state index is 12.1. The molecule has 8 nitrogen and oxygen atoms in total. The van der Waals surface area contributed by atoms with Gasteiger partial charge in [0.05, 0.1) is 16.3 Å². The highest BCUT2D eigenvalue weighted by atomic mass is 32.1. The molecular weight excluding hydrogens is 392 g/mol. The van der Waals surface area contributed by atoms with Gasteiger partial charge < -0.3 is 10.1 Å². The van der Waals surface area contributed by atoms with E-state index in [2.05, 4.69) is 5.32 Å². The fraction of sp³-hybridized carbons (Fsp3) is 0.353. The lowest BCUT2D eigenvalue weighted by atomic mass is 9.96. The Morgan fingerprint density at radius 3 is 2.37 bits per heavy atom. The maximum atomic E-state index is 12.1. The van der Waals surface area contributed by atoms with Gasteiger partial charge in [-0.1, -0.05) is 32.1 Å². The molecular formula is C17H18N2O6S2. The van der Waals surface area contributed by atoms with Crippen LogP contribution in [0.2, 0.25) is 0 Å². The van der Waals surface area contributed by atoms with Crippen LogP contribution in [-0.4, -0.2) is 29.2 Å². The van der Waals surface area contributed by atoms with E-state index in [-0.39, 0.29) is 21.6 Å². The average molecular weight is 410 g/mol. The van der Waals surface area contributed by atoms with E-state index in [1.54, 1.807) is 12.1 Å². The van der Waals surface area contributed by atoms with Crippen LogP contribution in [0.5, 0.6) is 0 Å². The molecule has 144 valence electrons. The molecule has 1 amide bonds. The summed E-state index contributed by atoms with van der Waals surface area (Å²) in [6.45, 7) is 5.28. The van der Waals surface area contributed by atoms with Crippen molar-refractivity contribution in [3.63, 3.8) is 0 Å². The molecule has 0 saturated carbocycles. The molecule has 0 aliphatic carbocycles. The molecule has 0 aromatic carbocycles. The number of Topliss-reactive ketones (excluding diaryl/α,β-unsaturated/α-hetero) is 1. The van der Waals surface area contributed by atoms with E-state index in [1.165, 1.54) is 23.5 Å². The monoisotopic (exact) mass is 410 g/mol. The van der Waals surface area contributed by atoms with Gasteiger partial charge in [-0.25, -0.2) is 4.79 Å². The Balaban J connectivity index is 1.87. The second-order valence-corrected chi connectivity index (χ2v) is 8.82. The quantitative estimate of drug-likeness (QED) is 0.324. The van der Waals surface area contributed by atoms with Crippen molar-refractivity contribution >= 4 is 45.3 Å². The number of rotatable bonds is 7. The maximum Gasteiger partial charge on any atom is 0.349 e. The van der Waals surface area contributed by atoms with Crippen molar-refractivity contribution in [3.8, 4) is 0 Å². The lowest BCUT2D eigenvalue weighted by molar-refractivity contribution is -0.380. The number of hydrogen-bond acceptors (Lipinski definition) is 8. The smallest absolute Gasteiger partial charge is 0.349 e. The highest BCUT2D eigenvalue weighted by Crippen LogP contribution is 2.24. The Bertz CT molecular complexity index is 878. The summed E-state index contributed by atoms with van der Waals surface area (Å²) < 4.78 is 4.93. The van der Waals surface area contributed by atoms with Crippen molar-refractivity contribution in [2.45, 2.75) is 27.3 Å². The molecule has 1 N–H and O–H groups in total. The normalized spacial score (nSPS) is 11.1. The summed E-state index contributed by atoms with van der Waals surface area (Å²) in [6, 6.07) is 5.83. The van der Waals surface area contributed by atoms with Crippen molar-refractivity contribution in [3.05, 3.63) is 49.0 Å². The number of thiophene rings is 2. The summed E-state index contributed by atoms with van der Waals surface area (Å²) in [4.78, 5) is 47.2. The summed E-state index contributed by atoms with van der Waals surface area (Å²) in [5.41, 5.74) is -0.499. The van der Waals surface area contributed by atoms with E-state index < -0.39 is 22.9 Å². The molecule has 0 atom stereocenters. The summed E-state index contributed by atoms with van der Waals surface area (Å²) in [5, 5.41) is 13.2. The van der Waals surface area contributed by atoms with Crippen LogP contribution in [0.25, 0.3) is 0 Å². The van der Waals surface area contributed by atoms with Crippen LogP contribution in [0.3, 0.4) is 0 Å². The summed E-state index contributed by atoms with van der Waals surface area (Å²) in [6.07, 6.45) is 0. The van der Waals surface area contributed by atoms with Gasteiger partial charge in [0.15, 0.2) is 6.61 Å². The van der Waals surface area contributed by atoms with Gasteiger partial charge in [-0.15, -0.1) is 11.3 Å². The van der Waals surface area contributed by atoms with Gasteiger partial charge in [-0.2, -0.15) is 0 Å². The molecule has 0 aliphatic rings. The van der Waals surface area contributed by atoms with Crippen LogP contribution in [-0.2, 0) is 16.1 Å². The molecule has 0 saturated heterocycles. The van der Waals surface area contributed by atoms with Crippen LogP contribution >= 0.6 is 22.7 Å². The Hall–Kier alpha value is -2.59. The number of amides is 1. The molecule has 0 spiro atoms. The third-order valence-electron chi connectivity index (χ3n) is 3.35. The van der Waals surface area contributed by atoms with Crippen molar-refractivity contribution in [1.82, 2.24) is 5.32 Å². The number of ether oxygens (including phenoxy) is 1. The number of nitro groups is 1. The van der Waals surface area contributed by atoms with Gasteiger partial charge >= 0.3 is 11.0 Å². The van der Waals surface area contributed by atoms with Gasteiger partial charge in [0.2, 0.25) is 11.7 Å². The fourth-order valence-electron chi connectivity index (χ4n) is 1.86. The zero-order valence-corrected chi connectivity index (χ0v) is 16.6. The number of carbonyl (C=O) groups excluding carboxylic acids is 3. The van der Waals surface area contributed by atoms with Crippen LogP contribution in [0.4, 0.5) is 5.00 Å². The van der Waals surface area contributed by atoms with Gasteiger partial charge in [0.1, 0.15) is 4.88 Å². The first-order valence-electron chi connectivity index (χ1n) is 7.89. The summed E-state index contributed by atoms with van der Waals surface area (Å²) in [5.74, 6) is -1.26. The molecule has 2 heterocycles. The number of nitrogens with zero attached hydrogens (tertiary/aromatic N) is 1. The molecule has 0 aliphatic heterocycles. The van der Waals surface area contributed by atoms with Gasteiger partial charge in [0.25, 0.3) is 0 Å². The number of ketones is 1. The highest BCUT2D eigenvalue weighted by Gasteiger charge is 2.21. The second-order valence-electron chi connectivity index (χ2n) is 6.59. The number of nitrogens with one attached hydrogen (secondary N) is 1. The van der Waals surface area contributed by atoms with Gasteiger partial charge in [-0.05, 0) is 18.2 Å². The third kappa shape index (κ3) is 5.69. The lowest BCUT2D eigenvalue weighted by Gasteiger charge is -2.17. The number of carbonyl (C=O) groups is 3. The first kappa shape index (κ1) is 20.7. The Morgan fingerprint density at radius 1 is 1.11 bits per heavy atom. The summed E-state index contributed by atoms with van der Waals surface area (Å²) >= 11 is 1.90. The average Bonchev–Trinajstić information content (AvgIpc) is 3.25. The van der Waals surface area contributed by atoms with Gasteiger partial charge in [0, 0.05) is 16.4 Å². The van der Waals surface area contributed by atoms with E-state index in [1.807, 2.05) is 20.8 Å². The fourth-order valence-corrected chi connectivity index (χ4v) is 3.45. The van der Waals surface area contributed by atoms with Crippen molar-refractivity contribution in [2.24, 2.45) is 5.41 Å². The first-order chi connectivity index (χ1) is 12.6. The lowest BCUT2D eigenvalue weighted by Crippen LogP contribution is -2.34. The Kier molecular flexibility index (Phi) is 6.45. The SMILES string of the molecule is CC(C)(C)C(=O)NCc1ccc(C(=O)COC(=O)c2ccc([N+](=O)[O-])s2)s1. The Labute approximate surface area is 163 Å². The van der Waals surface area contributed by atoms with Crippen molar-refractivity contribution in [1.29, 1.82) is 0 Å². The second kappa shape index (κ2) is 8.40. The predicted molar refractivity (Wildman–Crippen MR) is 101 cm³/mol. The van der Waals surface area contributed by atoms with Crippen LogP contribution in [0, 0.1) is 15.5 Å². The highest BCUT2D eigenvalue weighted by molar-refractivity contribution is 7.17. The molecule has 10 heteroatoms. The molecule has 0 radical (unpaired) electrons. The van der Waals surface area contributed by atoms with Crippen molar-refractivity contribution in [2.75, 3.05) is 6.61 Å². The van der Waals surface area contributed by atoms with Gasteiger partial charge in [-0.3, -0.25) is 19.7 Å². The zero-order valence-electron chi connectivity index (χ0n) is 14.9. The van der Waals surface area contributed by atoms with E-state index in [4.69, 9.17) is 4.74 Å². The van der Waals surface area contributed by atoms with E-state index in [0.717, 1.165) is 4.88 Å². The molecule has 0 bridgehead atoms. The largest absolute Gasteiger partial charge is 0.453 e. The van der Waals surface area contributed by atoms with Crippen LogP contribution < -0.4 is 5.32 Å². The standard InChI is InChI=1S/C17H18N2O6S2/c1-17(2,3)16(22)18-8-10-4-5-12(26-10)11(20)9-25-15(21)13-6-7-14(27-13)19(23)24/h4-7H,8-9H2,1-3H3,(H,18,22). The predicted octanol–water partition coefficient (Wildman–Crippen LogP) is 3.42. The van der Waals surface area contributed by atoms with E-state index >= 15 is 0 Å². The number of esters is 1. The third-order valence-corrected chi connectivity index (χ3v) is 5.49. The van der Waals surface area contributed by atoms with E-state index in [0.29, 0.717) is 22.8 Å². The topological polar surface area (TPSA) is 116 Å². The minimum Gasteiger partial charge on any atom is -0.453 e. The molecule has 2 aromatic rings. The molecule has 2 aromatic heterocycles. The number of hydrogen-bond donors (Lipinski definition) is 1. The molecule has 27 heavy (non-hydrogen) atoms. The molecule has 0 fully saturated rings. The van der Waals surface area contributed by atoms with Crippen LogP contribution in [0.15, 0.2) is 24.3 Å². The molecule has 2 rings (SSSR count). The van der Waals surface area contributed by atoms with Crippen LogP contribution in [0.1, 0.15) is 45.0 Å². The Morgan fingerprint density at radius 2 is 1.78 bits per heavy atom. The minimum absolute atomic E-state index is 0.0614. The summed E-state index contributed by atoms with van der Waals surface area (Å²) in [7, 11) is 0. The molecule has 0 unspecified atom stereocenters. The minimum atomic E-state index is -0.782. The van der Waals surface area contributed by atoms with E-state index in [9.17, 15) is 24.5 Å². The van der Waals surface area contributed by atoms with Crippen molar-refractivity contribution < 1.29 is 24.0 Å². The zero-order chi connectivity index (χ0) is 20.2. The first-order valence-corrected chi connectivity index (χ1v) is 9.53.